The molecule has 1 atom stereocenters. The zero-order valence-electron chi connectivity index (χ0n) is 11.4. The molecule has 1 N–H and O–H groups in total. The van der Waals surface area contributed by atoms with Gasteiger partial charge in [0.2, 0.25) is 0 Å². The van der Waals surface area contributed by atoms with Gasteiger partial charge in [-0.1, -0.05) is 17.7 Å². The molecule has 104 valence electrons. The number of hydrogen-bond acceptors (Lipinski definition) is 2. The van der Waals surface area contributed by atoms with E-state index in [1.54, 1.807) is 6.92 Å². The Morgan fingerprint density at radius 3 is 2.30 bits per heavy atom. The van der Waals surface area contributed by atoms with Crippen molar-refractivity contribution in [2.75, 3.05) is 5.32 Å². The topological polar surface area (TPSA) is 38.3 Å². The Hall–Kier alpha value is -1.56. The summed E-state index contributed by atoms with van der Waals surface area (Å²) in [5.41, 5.74) is 1.94. The molecule has 0 aliphatic carbocycles. The molecule has 2 aromatic rings. The van der Waals surface area contributed by atoms with Gasteiger partial charge in [-0.25, -0.2) is 0 Å². The van der Waals surface area contributed by atoms with Crippen molar-refractivity contribution < 1.29 is 9.53 Å². The number of ether oxygens (including phenoxy) is 1. The fourth-order valence-corrected chi connectivity index (χ4v) is 2.01. The minimum Gasteiger partial charge on any atom is -0.481 e. The van der Waals surface area contributed by atoms with E-state index in [0.29, 0.717) is 5.75 Å². The predicted octanol–water partition coefficient (Wildman–Crippen LogP) is 4.01. The van der Waals surface area contributed by atoms with Crippen molar-refractivity contribution >= 4 is 34.2 Å². The number of amides is 1. The lowest BCUT2D eigenvalue weighted by Crippen LogP contribution is -2.30. The molecule has 20 heavy (non-hydrogen) atoms. The van der Waals surface area contributed by atoms with Crippen LogP contribution in [0, 0.1) is 10.5 Å². The second-order valence-corrected chi connectivity index (χ2v) is 5.81. The highest BCUT2D eigenvalue weighted by Crippen LogP contribution is 2.16. The molecule has 0 saturated carbocycles. The lowest BCUT2D eigenvalue weighted by atomic mass is 10.2. The van der Waals surface area contributed by atoms with E-state index < -0.39 is 6.10 Å². The van der Waals surface area contributed by atoms with Crippen molar-refractivity contribution in [1.29, 1.82) is 0 Å². The van der Waals surface area contributed by atoms with Crippen LogP contribution in [0.4, 0.5) is 5.69 Å². The van der Waals surface area contributed by atoms with E-state index in [0.717, 1.165) is 14.8 Å². The zero-order valence-corrected chi connectivity index (χ0v) is 13.5. The van der Waals surface area contributed by atoms with E-state index in [9.17, 15) is 4.79 Å². The molecule has 0 spiro atoms. The Kier molecular flexibility index (Phi) is 5.00. The average molecular weight is 381 g/mol. The summed E-state index contributed by atoms with van der Waals surface area (Å²) in [7, 11) is 0. The van der Waals surface area contributed by atoms with Gasteiger partial charge in [-0.3, -0.25) is 4.79 Å². The summed E-state index contributed by atoms with van der Waals surface area (Å²) in [5, 5.41) is 2.84. The highest BCUT2D eigenvalue weighted by Gasteiger charge is 2.14. The fraction of sp³-hybridized carbons (Fsp3) is 0.188. The summed E-state index contributed by atoms with van der Waals surface area (Å²) in [6.45, 7) is 3.75. The monoisotopic (exact) mass is 381 g/mol. The number of halogens is 1. The first-order valence-corrected chi connectivity index (χ1v) is 7.42. The van der Waals surface area contributed by atoms with E-state index in [4.69, 9.17) is 4.74 Å². The van der Waals surface area contributed by atoms with Crippen LogP contribution in [0.1, 0.15) is 12.5 Å². The van der Waals surface area contributed by atoms with Crippen LogP contribution in [-0.4, -0.2) is 12.0 Å². The summed E-state index contributed by atoms with van der Waals surface area (Å²) in [5.74, 6) is 0.532. The van der Waals surface area contributed by atoms with Gasteiger partial charge >= 0.3 is 0 Å². The van der Waals surface area contributed by atoms with Gasteiger partial charge < -0.3 is 10.1 Å². The number of benzene rings is 2. The molecule has 0 bridgehead atoms. The van der Waals surface area contributed by atoms with Crippen LogP contribution in [0.15, 0.2) is 48.5 Å². The molecule has 0 radical (unpaired) electrons. The first kappa shape index (κ1) is 14.8. The third-order valence-corrected chi connectivity index (χ3v) is 3.53. The Morgan fingerprint density at radius 1 is 1.10 bits per heavy atom. The van der Waals surface area contributed by atoms with Gasteiger partial charge in [0.1, 0.15) is 5.75 Å². The molecule has 0 aromatic heterocycles. The maximum absolute atomic E-state index is 12.0. The smallest absolute Gasteiger partial charge is 0.265 e. The van der Waals surface area contributed by atoms with Crippen LogP contribution < -0.4 is 10.1 Å². The lowest BCUT2D eigenvalue weighted by Gasteiger charge is -2.14. The molecule has 0 saturated heterocycles. The van der Waals surface area contributed by atoms with Crippen molar-refractivity contribution in [2.45, 2.75) is 20.0 Å². The number of carbonyl (C=O) groups is 1. The minimum absolute atomic E-state index is 0.160. The molecule has 2 rings (SSSR count). The van der Waals surface area contributed by atoms with Crippen LogP contribution in [0.2, 0.25) is 0 Å². The second-order valence-electron chi connectivity index (χ2n) is 4.57. The van der Waals surface area contributed by atoms with E-state index in [-0.39, 0.29) is 5.91 Å². The number of anilines is 1. The number of nitrogens with one attached hydrogen (secondary N) is 1. The maximum atomic E-state index is 12.0. The quantitative estimate of drug-likeness (QED) is 0.813. The van der Waals surface area contributed by atoms with Crippen LogP contribution >= 0.6 is 22.6 Å². The minimum atomic E-state index is -0.545. The Morgan fingerprint density at radius 2 is 1.70 bits per heavy atom. The largest absolute Gasteiger partial charge is 0.481 e. The molecule has 1 amide bonds. The number of rotatable bonds is 4. The molecule has 0 aliphatic heterocycles. The fourth-order valence-electron chi connectivity index (χ4n) is 1.65. The maximum Gasteiger partial charge on any atom is 0.265 e. The number of carbonyl (C=O) groups excluding carboxylic acids is 1. The van der Waals surface area contributed by atoms with Crippen molar-refractivity contribution in [3.8, 4) is 5.75 Å². The molecule has 0 fully saturated rings. The van der Waals surface area contributed by atoms with E-state index in [1.807, 2.05) is 55.5 Å². The van der Waals surface area contributed by atoms with E-state index in [2.05, 4.69) is 27.9 Å². The van der Waals surface area contributed by atoms with Crippen molar-refractivity contribution in [1.82, 2.24) is 0 Å². The van der Waals surface area contributed by atoms with E-state index >= 15 is 0 Å². The Bertz CT molecular complexity index is 578. The van der Waals surface area contributed by atoms with E-state index in [1.165, 1.54) is 0 Å². The van der Waals surface area contributed by atoms with Gasteiger partial charge in [0.25, 0.3) is 5.91 Å². The zero-order chi connectivity index (χ0) is 14.5. The normalized spacial score (nSPS) is 11.8. The van der Waals surface area contributed by atoms with Gasteiger partial charge in [0, 0.05) is 9.26 Å². The summed E-state index contributed by atoms with van der Waals surface area (Å²) in [6, 6.07) is 15.3. The standard InChI is InChI=1S/C16H16INO2/c1-11-3-7-14(8-4-11)18-16(19)12(2)20-15-9-5-13(17)6-10-15/h3-10,12H,1-2H3,(H,18,19)/t12-/m1/s1. The van der Waals surface area contributed by atoms with Gasteiger partial charge in [-0.2, -0.15) is 0 Å². The molecular formula is C16H16INO2. The van der Waals surface area contributed by atoms with Crippen LogP contribution in [0.5, 0.6) is 5.75 Å². The Balaban J connectivity index is 1.94. The Labute approximate surface area is 132 Å². The van der Waals surface area contributed by atoms with Crippen LogP contribution in [0.25, 0.3) is 0 Å². The van der Waals surface area contributed by atoms with Crippen LogP contribution in [-0.2, 0) is 4.79 Å². The SMILES string of the molecule is Cc1ccc(NC(=O)[C@@H](C)Oc2ccc(I)cc2)cc1. The van der Waals surface area contributed by atoms with Crippen molar-refractivity contribution in [2.24, 2.45) is 0 Å². The molecule has 0 heterocycles. The third kappa shape index (κ3) is 4.23. The first-order chi connectivity index (χ1) is 9.54. The summed E-state index contributed by atoms with van der Waals surface area (Å²) in [4.78, 5) is 12.0. The van der Waals surface area contributed by atoms with Gasteiger partial charge in [0.05, 0.1) is 0 Å². The van der Waals surface area contributed by atoms with Crippen molar-refractivity contribution in [3.05, 3.63) is 57.7 Å². The second kappa shape index (κ2) is 6.74. The highest BCUT2D eigenvalue weighted by molar-refractivity contribution is 14.1. The summed E-state index contributed by atoms with van der Waals surface area (Å²) in [6.07, 6.45) is -0.545. The molecule has 2 aromatic carbocycles. The molecule has 0 aliphatic rings. The van der Waals surface area contributed by atoms with Gasteiger partial charge in [0.15, 0.2) is 6.10 Å². The number of aryl methyl sites for hydroxylation is 1. The average Bonchev–Trinajstić information content (AvgIpc) is 2.44. The molecular weight excluding hydrogens is 365 g/mol. The van der Waals surface area contributed by atoms with Gasteiger partial charge in [-0.15, -0.1) is 0 Å². The van der Waals surface area contributed by atoms with Gasteiger partial charge in [-0.05, 0) is 72.8 Å². The van der Waals surface area contributed by atoms with Crippen LogP contribution in [0.3, 0.4) is 0 Å². The summed E-state index contributed by atoms with van der Waals surface area (Å²) < 4.78 is 6.74. The lowest BCUT2D eigenvalue weighted by molar-refractivity contribution is -0.122. The highest BCUT2D eigenvalue weighted by atomic mass is 127. The molecule has 3 nitrogen and oxygen atoms in total. The third-order valence-electron chi connectivity index (χ3n) is 2.81. The van der Waals surface area contributed by atoms with Crippen molar-refractivity contribution in [3.63, 3.8) is 0 Å². The molecule has 4 heteroatoms. The predicted molar refractivity (Wildman–Crippen MR) is 89.1 cm³/mol. The number of hydrogen-bond donors (Lipinski definition) is 1. The summed E-state index contributed by atoms with van der Waals surface area (Å²) >= 11 is 2.23. The first-order valence-electron chi connectivity index (χ1n) is 6.34. The molecule has 0 unspecified atom stereocenters.